The summed E-state index contributed by atoms with van der Waals surface area (Å²) in [5, 5.41) is 13.6. The number of aromatic nitrogens is 3. The number of rotatable bonds is 5. The van der Waals surface area contributed by atoms with Crippen LogP contribution < -0.4 is 10.6 Å². The van der Waals surface area contributed by atoms with Gasteiger partial charge in [-0.1, -0.05) is 12.1 Å². The first-order chi connectivity index (χ1) is 18.0. The molecule has 0 amide bonds. The summed E-state index contributed by atoms with van der Waals surface area (Å²) in [6, 6.07) is 6.40. The van der Waals surface area contributed by atoms with Crippen molar-refractivity contribution in [2.75, 3.05) is 19.3 Å². The van der Waals surface area contributed by atoms with E-state index < -0.39 is 21.7 Å². The molecule has 204 valence electrons. The lowest BCUT2D eigenvalue weighted by atomic mass is 9.98. The Bertz CT molecular complexity index is 1440. The van der Waals surface area contributed by atoms with Gasteiger partial charge in [-0.2, -0.15) is 18.3 Å². The summed E-state index contributed by atoms with van der Waals surface area (Å²) in [6.45, 7) is 4.10. The second-order valence-corrected chi connectivity index (χ2v) is 12.6. The van der Waals surface area contributed by atoms with Crippen molar-refractivity contribution >= 4 is 27.4 Å². The number of piperidine rings is 1. The minimum absolute atomic E-state index is 0.193. The van der Waals surface area contributed by atoms with Crippen LogP contribution in [0.2, 0.25) is 0 Å². The second-order valence-electron chi connectivity index (χ2n) is 9.69. The van der Waals surface area contributed by atoms with Gasteiger partial charge in [0, 0.05) is 61.8 Å². The fourth-order valence-corrected chi connectivity index (χ4v) is 6.87. The van der Waals surface area contributed by atoms with E-state index in [0.29, 0.717) is 29.6 Å². The third kappa shape index (κ3) is 5.80. The molecule has 0 bridgehead atoms. The van der Waals surface area contributed by atoms with Crippen LogP contribution in [0.1, 0.15) is 58.1 Å². The Balaban J connectivity index is 1.19. The molecular formula is C25H29F3N6O2S2. The molecule has 1 saturated heterocycles. The Labute approximate surface area is 223 Å². The van der Waals surface area contributed by atoms with E-state index in [-0.39, 0.29) is 6.17 Å². The van der Waals surface area contributed by atoms with Crippen molar-refractivity contribution in [2.24, 2.45) is 0 Å². The molecule has 0 aliphatic carbocycles. The van der Waals surface area contributed by atoms with Gasteiger partial charge in [0.05, 0.1) is 15.6 Å². The van der Waals surface area contributed by atoms with E-state index in [1.165, 1.54) is 10.9 Å². The number of halogens is 3. The largest absolute Gasteiger partial charge is 0.435 e. The first-order valence-corrected chi connectivity index (χ1v) is 15.0. The van der Waals surface area contributed by atoms with Gasteiger partial charge >= 0.3 is 6.18 Å². The van der Waals surface area contributed by atoms with Crippen LogP contribution in [0.25, 0.3) is 6.20 Å². The number of alkyl halides is 3. The van der Waals surface area contributed by atoms with Crippen molar-refractivity contribution in [1.82, 2.24) is 30.3 Å². The minimum atomic E-state index is -4.46. The second kappa shape index (κ2) is 10.4. The predicted molar refractivity (Wildman–Crippen MR) is 139 cm³/mol. The van der Waals surface area contributed by atoms with Gasteiger partial charge in [0.25, 0.3) is 0 Å². The Morgan fingerprint density at radius 1 is 1.13 bits per heavy atom. The third-order valence-corrected chi connectivity index (χ3v) is 9.16. The molecule has 2 N–H and O–H groups in total. The van der Waals surface area contributed by atoms with E-state index >= 15 is 0 Å². The van der Waals surface area contributed by atoms with Crippen LogP contribution in [-0.4, -0.2) is 47.4 Å². The molecule has 1 atom stereocenters. The monoisotopic (exact) mass is 566 g/mol. The number of hydrogen-bond donors (Lipinski definition) is 2. The normalized spacial score (nSPS) is 19.6. The van der Waals surface area contributed by atoms with E-state index in [4.69, 9.17) is 4.98 Å². The van der Waals surface area contributed by atoms with Gasteiger partial charge in [0.15, 0.2) is 15.5 Å². The van der Waals surface area contributed by atoms with E-state index in [0.717, 1.165) is 53.8 Å². The summed E-state index contributed by atoms with van der Waals surface area (Å²) < 4.78 is 64.4. The fraction of sp³-hybridized carbons (Fsp3) is 0.440. The molecule has 0 spiro atoms. The van der Waals surface area contributed by atoms with Gasteiger partial charge in [-0.3, -0.25) is 10.6 Å². The molecule has 38 heavy (non-hydrogen) atoms. The quantitative estimate of drug-likeness (QED) is 0.477. The number of nitrogens with one attached hydrogen (secondary N) is 2. The topological polar surface area (TPSA) is 92.2 Å². The highest BCUT2D eigenvalue weighted by atomic mass is 32.2. The Morgan fingerprint density at radius 2 is 1.87 bits per heavy atom. The third-order valence-electron chi connectivity index (χ3n) is 6.95. The first-order valence-electron chi connectivity index (χ1n) is 12.3. The molecule has 5 rings (SSSR count). The van der Waals surface area contributed by atoms with E-state index in [2.05, 4.69) is 20.6 Å². The van der Waals surface area contributed by atoms with Crippen molar-refractivity contribution in [1.29, 1.82) is 0 Å². The molecule has 0 radical (unpaired) electrons. The van der Waals surface area contributed by atoms with Crippen LogP contribution in [0.5, 0.6) is 0 Å². The van der Waals surface area contributed by atoms with Crippen molar-refractivity contribution in [2.45, 2.75) is 56.0 Å². The van der Waals surface area contributed by atoms with Crippen LogP contribution in [0.3, 0.4) is 0 Å². The lowest BCUT2D eigenvalue weighted by molar-refractivity contribution is -0.141. The molecular weight excluding hydrogens is 537 g/mol. The molecule has 1 aromatic carbocycles. The standard InChI is InChI=1S/C25H29F3N6O2S2/c1-16-12-22(25(26,27)28)32-34(16)11-10-33-8-6-17(7-9-33)24-31-20(15-37-24)23-29-13-18-4-3-5-21(38(2,35)36)19(18)14-30-23/h3-5,10-12,15,17,23,29-30H,6-9,13-14H2,1-2H3. The van der Waals surface area contributed by atoms with Crippen molar-refractivity contribution in [3.8, 4) is 0 Å². The van der Waals surface area contributed by atoms with Crippen LogP contribution in [0, 0.1) is 6.92 Å². The smallest absolute Gasteiger partial charge is 0.376 e. The van der Waals surface area contributed by atoms with Crippen LogP contribution in [0.15, 0.2) is 40.7 Å². The highest BCUT2D eigenvalue weighted by molar-refractivity contribution is 7.90. The van der Waals surface area contributed by atoms with E-state index in [1.807, 2.05) is 11.4 Å². The average molecular weight is 567 g/mol. The number of benzene rings is 1. The number of likely N-dealkylation sites (tertiary alicyclic amines) is 1. The number of thiazole rings is 1. The molecule has 0 saturated carbocycles. The molecule has 13 heteroatoms. The average Bonchev–Trinajstić information content (AvgIpc) is 3.44. The maximum Gasteiger partial charge on any atom is 0.435 e. The lowest BCUT2D eigenvalue weighted by Gasteiger charge is -2.30. The maximum atomic E-state index is 12.9. The van der Waals surface area contributed by atoms with E-state index in [9.17, 15) is 21.6 Å². The van der Waals surface area contributed by atoms with Crippen LogP contribution in [0.4, 0.5) is 13.2 Å². The summed E-state index contributed by atoms with van der Waals surface area (Å²) in [6.07, 6.45) is 1.72. The van der Waals surface area contributed by atoms with Gasteiger partial charge in [0.1, 0.15) is 6.17 Å². The predicted octanol–water partition coefficient (Wildman–Crippen LogP) is 4.27. The van der Waals surface area contributed by atoms with Gasteiger partial charge in [0.2, 0.25) is 0 Å². The van der Waals surface area contributed by atoms with Gasteiger partial charge in [-0.15, -0.1) is 11.3 Å². The molecule has 2 aromatic heterocycles. The van der Waals surface area contributed by atoms with Crippen molar-refractivity contribution in [3.63, 3.8) is 0 Å². The number of nitrogens with zero attached hydrogens (tertiary/aromatic N) is 4. The maximum absolute atomic E-state index is 12.9. The highest BCUT2D eigenvalue weighted by Crippen LogP contribution is 2.33. The summed E-state index contributed by atoms with van der Waals surface area (Å²) in [5.74, 6) is 0.307. The SMILES string of the molecule is Cc1cc(C(F)(F)F)nn1C=CN1CCC(c2nc(C3NCc4cccc(S(C)(=O)=O)c4CN3)cs2)CC1. The molecule has 8 nitrogen and oxygen atoms in total. The summed E-state index contributed by atoms with van der Waals surface area (Å²) in [5.41, 5.74) is 2.17. The molecule has 2 aliphatic rings. The summed E-state index contributed by atoms with van der Waals surface area (Å²) in [7, 11) is -3.32. The fourth-order valence-electron chi connectivity index (χ4n) is 4.87. The van der Waals surface area contributed by atoms with Gasteiger partial charge < -0.3 is 4.90 Å². The zero-order valence-corrected chi connectivity index (χ0v) is 22.6. The Morgan fingerprint density at radius 3 is 2.55 bits per heavy atom. The molecule has 4 heterocycles. The minimum Gasteiger partial charge on any atom is -0.376 e. The zero-order valence-electron chi connectivity index (χ0n) is 21.0. The van der Waals surface area contributed by atoms with Crippen LogP contribution >= 0.6 is 11.3 Å². The lowest BCUT2D eigenvalue weighted by Crippen LogP contribution is -2.31. The Kier molecular flexibility index (Phi) is 7.37. The molecule has 1 fully saturated rings. The summed E-state index contributed by atoms with van der Waals surface area (Å²) in [4.78, 5) is 7.35. The number of hydrogen-bond acceptors (Lipinski definition) is 8. The number of aryl methyl sites for hydroxylation is 1. The molecule has 3 aromatic rings. The zero-order chi connectivity index (χ0) is 27.1. The number of sulfone groups is 1. The number of fused-ring (bicyclic) bond motifs is 1. The van der Waals surface area contributed by atoms with Gasteiger partial charge in [-0.25, -0.2) is 18.1 Å². The Hall–Kier alpha value is -2.74. The first kappa shape index (κ1) is 26.9. The molecule has 2 aliphatic heterocycles. The van der Waals surface area contributed by atoms with E-state index in [1.54, 1.807) is 42.8 Å². The molecule has 1 unspecified atom stereocenters. The van der Waals surface area contributed by atoms with Gasteiger partial charge in [-0.05, 0) is 43.0 Å². The van der Waals surface area contributed by atoms with Crippen molar-refractivity contribution in [3.05, 3.63) is 69.1 Å². The highest BCUT2D eigenvalue weighted by Gasteiger charge is 2.34. The summed E-state index contributed by atoms with van der Waals surface area (Å²) >= 11 is 1.62. The van der Waals surface area contributed by atoms with Crippen molar-refractivity contribution < 1.29 is 21.6 Å². The van der Waals surface area contributed by atoms with Crippen LogP contribution in [-0.2, 0) is 29.1 Å².